The first-order chi connectivity index (χ1) is 15.5. The predicted octanol–water partition coefficient (Wildman–Crippen LogP) is 0.511. The highest BCUT2D eigenvalue weighted by molar-refractivity contribution is 7.91. The smallest absolute Gasteiger partial charge is 0.231 e. The van der Waals surface area contributed by atoms with E-state index in [1.165, 1.54) is 16.5 Å². The standard InChI is InChI=1S/C21H22N4O5S2/c26-20(6-11-32(27,28)19-3-1-2-16-21(19)23-31-22-16)25-9-7-24(8-10-25)13-15-4-5-17-18(12-15)30-14-29-17/h1-5,12H,6-11,13-14H2/p+1. The molecule has 3 aromatic rings. The van der Waals surface area contributed by atoms with Crippen molar-refractivity contribution in [2.24, 2.45) is 0 Å². The quantitative estimate of drug-likeness (QED) is 0.554. The van der Waals surface area contributed by atoms with E-state index in [4.69, 9.17) is 9.47 Å². The second kappa shape index (κ2) is 8.64. The number of nitrogens with one attached hydrogen (secondary N) is 1. The van der Waals surface area contributed by atoms with Crippen molar-refractivity contribution < 1.29 is 27.6 Å². The van der Waals surface area contributed by atoms with Crippen molar-refractivity contribution in [2.45, 2.75) is 17.9 Å². The van der Waals surface area contributed by atoms with Crippen molar-refractivity contribution in [3.05, 3.63) is 42.0 Å². The first-order valence-corrected chi connectivity index (χ1v) is 12.8. The molecule has 2 aromatic carbocycles. The van der Waals surface area contributed by atoms with Crippen LogP contribution in [-0.2, 0) is 21.2 Å². The summed E-state index contributed by atoms with van der Waals surface area (Å²) in [5.74, 6) is 1.20. The molecular weight excluding hydrogens is 452 g/mol. The van der Waals surface area contributed by atoms with E-state index in [1.54, 1.807) is 17.0 Å². The first-order valence-electron chi connectivity index (χ1n) is 10.4. The highest BCUT2D eigenvalue weighted by Gasteiger charge is 2.27. The average molecular weight is 476 g/mol. The van der Waals surface area contributed by atoms with E-state index in [1.807, 2.05) is 18.2 Å². The number of hydrogen-bond donors (Lipinski definition) is 1. The number of benzene rings is 2. The van der Waals surface area contributed by atoms with Crippen molar-refractivity contribution in [3.63, 3.8) is 0 Å². The van der Waals surface area contributed by atoms with Crippen LogP contribution in [0.2, 0.25) is 0 Å². The molecular formula is C21H23N4O5S2+. The van der Waals surface area contributed by atoms with E-state index in [9.17, 15) is 13.2 Å². The summed E-state index contributed by atoms with van der Waals surface area (Å²) in [4.78, 5) is 16.0. The van der Waals surface area contributed by atoms with Crippen LogP contribution in [0.3, 0.4) is 0 Å². The molecule has 0 atom stereocenters. The molecule has 0 spiro atoms. The molecule has 32 heavy (non-hydrogen) atoms. The molecule has 2 aliphatic rings. The minimum atomic E-state index is -3.62. The number of aromatic nitrogens is 2. The summed E-state index contributed by atoms with van der Waals surface area (Å²) >= 11 is 0.982. The molecule has 1 saturated heterocycles. The Morgan fingerprint density at radius 3 is 2.75 bits per heavy atom. The molecule has 5 rings (SSSR count). The summed E-state index contributed by atoms with van der Waals surface area (Å²) in [6, 6.07) is 10.9. The van der Waals surface area contributed by atoms with Gasteiger partial charge in [-0.2, -0.15) is 8.75 Å². The van der Waals surface area contributed by atoms with Gasteiger partial charge >= 0.3 is 0 Å². The molecule has 2 aliphatic heterocycles. The fourth-order valence-electron chi connectivity index (χ4n) is 4.11. The third-order valence-corrected chi connectivity index (χ3v) is 8.17. The fourth-order valence-corrected chi connectivity index (χ4v) is 6.11. The van der Waals surface area contributed by atoms with Crippen molar-refractivity contribution in [2.75, 3.05) is 38.7 Å². The number of carbonyl (C=O) groups excluding carboxylic acids is 1. The van der Waals surface area contributed by atoms with Crippen molar-refractivity contribution >= 4 is 38.5 Å². The minimum Gasteiger partial charge on any atom is -0.454 e. The van der Waals surface area contributed by atoms with E-state index in [0.29, 0.717) is 24.1 Å². The molecule has 9 nitrogen and oxygen atoms in total. The number of nitrogens with zero attached hydrogens (tertiary/aromatic N) is 3. The molecule has 168 valence electrons. The van der Waals surface area contributed by atoms with Gasteiger partial charge in [-0.15, -0.1) is 0 Å². The molecule has 1 N–H and O–H groups in total. The highest BCUT2D eigenvalue weighted by Crippen LogP contribution is 2.32. The van der Waals surface area contributed by atoms with Gasteiger partial charge in [-0.25, -0.2) is 8.42 Å². The van der Waals surface area contributed by atoms with Gasteiger partial charge in [-0.05, 0) is 30.3 Å². The summed E-state index contributed by atoms with van der Waals surface area (Å²) in [6.45, 7) is 3.97. The number of quaternary nitrogens is 1. The largest absolute Gasteiger partial charge is 0.454 e. The van der Waals surface area contributed by atoms with Gasteiger partial charge in [-0.3, -0.25) is 4.79 Å². The lowest BCUT2D eigenvalue weighted by Crippen LogP contribution is -3.13. The van der Waals surface area contributed by atoms with Gasteiger partial charge in [0.05, 0.1) is 48.6 Å². The third-order valence-electron chi connectivity index (χ3n) is 5.88. The third kappa shape index (κ3) is 4.27. The Balaban J connectivity index is 1.14. The van der Waals surface area contributed by atoms with Crippen LogP contribution in [0.15, 0.2) is 41.3 Å². The number of rotatable bonds is 6. The molecule has 0 aliphatic carbocycles. The maximum atomic E-state index is 12.8. The summed E-state index contributed by atoms with van der Waals surface area (Å²) in [5, 5.41) is 0. The molecule has 11 heteroatoms. The maximum Gasteiger partial charge on any atom is 0.231 e. The second-order valence-electron chi connectivity index (χ2n) is 7.95. The Labute approximate surface area is 189 Å². The van der Waals surface area contributed by atoms with Gasteiger partial charge in [0.15, 0.2) is 21.3 Å². The Morgan fingerprint density at radius 2 is 1.91 bits per heavy atom. The average Bonchev–Trinajstić information content (AvgIpc) is 3.46. The van der Waals surface area contributed by atoms with Gasteiger partial charge in [0, 0.05) is 12.0 Å². The Hall–Kier alpha value is -2.76. The van der Waals surface area contributed by atoms with Crippen molar-refractivity contribution in [1.29, 1.82) is 0 Å². The zero-order valence-electron chi connectivity index (χ0n) is 17.3. The maximum absolute atomic E-state index is 12.8. The lowest BCUT2D eigenvalue weighted by Gasteiger charge is -2.32. The van der Waals surface area contributed by atoms with Crippen LogP contribution in [0.1, 0.15) is 12.0 Å². The van der Waals surface area contributed by atoms with Gasteiger partial charge < -0.3 is 19.3 Å². The Kier molecular flexibility index (Phi) is 5.70. The Morgan fingerprint density at radius 1 is 1.09 bits per heavy atom. The van der Waals surface area contributed by atoms with Crippen LogP contribution < -0.4 is 14.4 Å². The predicted molar refractivity (Wildman–Crippen MR) is 118 cm³/mol. The fraction of sp³-hybridized carbons (Fsp3) is 0.381. The normalized spacial score (nSPS) is 16.6. The molecule has 3 heterocycles. The summed E-state index contributed by atoms with van der Waals surface area (Å²) < 4.78 is 44.6. The van der Waals surface area contributed by atoms with Crippen LogP contribution in [0, 0.1) is 0 Å². The van der Waals surface area contributed by atoms with E-state index < -0.39 is 9.84 Å². The monoisotopic (exact) mass is 475 g/mol. The van der Waals surface area contributed by atoms with Crippen molar-refractivity contribution in [1.82, 2.24) is 13.6 Å². The summed E-state index contributed by atoms with van der Waals surface area (Å²) in [6.07, 6.45) is -0.0339. The molecule has 0 saturated carbocycles. The SMILES string of the molecule is O=C(CCS(=O)(=O)c1cccc2nsnc12)N1CC[NH+](Cc2ccc3c(c2)OCO3)CC1. The lowest BCUT2D eigenvalue weighted by atomic mass is 10.1. The molecule has 0 radical (unpaired) electrons. The lowest BCUT2D eigenvalue weighted by molar-refractivity contribution is -0.917. The topological polar surface area (TPSA) is 103 Å². The minimum absolute atomic E-state index is 0.0339. The van der Waals surface area contributed by atoms with Gasteiger partial charge in [-0.1, -0.05) is 6.07 Å². The molecule has 1 amide bonds. The zero-order chi connectivity index (χ0) is 22.1. The van der Waals surface area contributed by atoms with E-state index >= 15 is 0 Å². The van der Waals surface area contributed by atoms with Crippen LogP contribution >= 0.6 is 11.7 Å². The number of sulfone groups is 1. The highest BCUT2D eigenvalue weighted by atomic mass is 32.2. The second-order valence-corrected chi connectivity index (χ2v) is 10.6. The summed E-state index contributed by atoms with van der Waals surface area (Å²) in [7, 11) is -3.62. The molecule has 0 unspecified atom stereocenters. The Bertz CT molecular complexity index is 1250. The van der Waals surface area contributed by atoms with E-state index in [2.05, 4.69) is 8.75 Å². The van der Waals surface area contributed by atoms with Gasteiger partial charge in [0.25, 0.3) is 0 Å². The van der Waals surface area contributed by atoms with E-state index in [0.717, 1.165) is 42.9 Å². The zero-order valence-corrected chi connectivity index (χ0v) is 19.0. The number of ether oxygens (including phenoxy) is 2. The van der Waals surface area contributed by atoms with Crippen molar-refractivity contribution in [3.8, 4) is 11.5 Å². The van der Waals surface area contributed by atoms with Crippen LogP contribution in [0.4, 0.5) is 0 Å². The van der Waals surface area contributed by atoms with Crippen LogP contribution in [0.5, 0.6) is 11.5 Å². The van der Waals surface area contributed by atoms with Crippen LogP contribution in [0.25, 0.3) is 11.0 Å². The number of fused-ring (bicyclic) bond motifs is 2. The molecule has 0 bridgehead atoms. The number of amides is 1. The first kappa shape index (κ1) is 21.1. The van der Waals surface area contributed by atoms with Crippen LogP contribution in [-0.4, -0.2) is 66.7 Å². The van der Waals surface area contributed by atoms with Gasteiger partial charge in [0.2, 0.25) is 12.7 Å². The number of carbonyl (C=O) groups is 1. The number of hydrogen-bond acceptors (Lipinski definition) is 8. The number of piperazine rings is 1. The summed E-state index contributed by atoms with van der Waals surface area (Å²) in [5.41, 5.74) is 2.11. The van der Waals surface area contributed by atoms with Gasteiger partial charge in [0.1, 0.15) is 17.6 Å². The molecule has 1 fully saturated rings. The van der Waals surface area contributed by atoms with E-state index in [-0.39, 0.29) is 29.8 Å². The molecule has 1 aromatic heterocycles.